The van der Waals surface area contributed by atoms with Crippen molar-refractivity contribution in [3.05, 3.63) is 21.3 Å². The van der Waals surface area contributed by atoms with Crippen LogP contribution in [0.3, 0.4) is 0 Å². The van der Waals surface area contributed by atoms with Crippen LogP contribution >= 0.6 is 22.9 Å². The first-order chi connectivity index (χ1) is 7.89. The molecule has 0 spiro atoms. The lowest BCUT2D eigenvalue weighted by Crippen LogP contribution is -2.39. The highest BCUT2D eigenvalue weighted by molar-refractivity contribution is 7.16. The number of nitrogens with two attached hydrogens (primary N) is 1. The van der Waals surface area contributed by atoms with Crippen molar-refractivity contribution in [2.45, 2.75) is 33.7 Å². The number of nitrogens with zero attached hydrogens (tertiary/aromatic N) is 1. The smallest absolute Gasteiger partial charge is 0.0931 e. The summed E-state index contributed by atoms with van der Waals surface area (Å²) in [7, 11) is 0. The summed E-state index contributed by atoms with van der Waals surface area (Å²) in [5.41, 5.74) is 5.97. The maximum atomic E-state index is 5.99. The Hall–Kier alpha value is -0.0900. The van der Waals surface area contributed by atoms with Gasteiger partial charge in [0.1, 0.15) is 0 Å². The quantitative estimate of drug-likeness (QED) is 0.856. The van der Waals surface area contributed by atoms with E-state index in [1.54, 1.807) is 11.3 Å². The highest BCUT2D eigenvalue weighted by Gasteiger charge is 2.24. The van der Waals surface area contributed by atoms with Crippen molar-refractivity contribution in [1.29, 1.82) is 0 Å². The standard InChI is InChI=1S/C13H23ClN2S/c1-5-16(9-13(3,4)8-15)10(2)11-6-7-12(14)17-11/h6-7,10H,5,8-9,15H2,1-4H3. The summed E-state index contributed by atoms with van der Waals surface area (Å²) in [5, 5.41) is 0. The minimum absolute atomic E-state index is 0.158. The maximum absolute atomic E-state index is 5.99. The summed E-state index contributed by atoms with van der Waals surface area (Å²) in [6.07, 6.45) is 0. The topological polar surface area (TPSA) is 29.3 Å². The van der Waals surface area contributed by atoms with E-state index < -0.39 is 0 Å². The first-order valence-corrected chi connectivity index (χ1v) is 7.28. The van der Waals surface area contributed by atoms with Gasteiger partial charge in [0.2, 0.25) is 0 Å². The first kappa shape index (κ1) is 15.0. The zero-order valence-corrected chi connectivity index (χ0v) is 12.7. The third kappa shape index (κ3) is 4.25. The summed E-state index contributed by atoms with van der Waals surface area (Å²) in [5.74, 6) is 0. The molecule has 17 heavy (non-hydrogen) atoms. The fraction of sp³-hybridized carbons (Fsp3) is 0.692. The lowest BCUT2D eigenvalue weighted by molar-refractivity contribution is 0.149. The van der Waals surface area contributed by atoms with Crippen LogP contribution in [-0.2, 0) is 0 Å². The van der Waals surface area contributed by atoms with Crippen molar-refractivity contribution < 1.29 is 0 Å². The van der Waals surface area contributed by atoms with E-state index in [9.17, 15) is 0 Å². The summed E-state index contributed by atoms with van der Waals surface area (Å²) < 4.78 is 0.862. The molecule has 0 saturated carbocycles. The third-order valence-electron chi connectivity index (χ3n) is 3.14. The second-order valence-corrected chi connectivity index (χ2v) is 7.00. The van der Waals surface area contributed by atoms with Crippen LogP contribution in [0.4, 0.5) is 0 Å². The van der Waals surface area contributed by atoms with Crippen LogP contribution in [0.25, 0.3) is 0 Å². The van der Waals surface area contributed by atoms with E-state index in [2.05, 4.69) is 38.7 Å². The van der Waals surface area contributed by atoms with Gasteiger partial charge >= 0.3 is 0 Å². The highest BCUT2D eigenvalue weighted by atomic mass is 35.5. The fourth-order valence-electron chi connectivity index (χ4n) is 1.87. The largest absolute Gasteiger partial charge is 0.330 e. The SMILES string of the molecule is CCN(CC(C)(C)CN)C(C)c1ccc(Cl)s1. The van der Waals surface area contributed by atoms with Gasteiger partial charge in [0.05, 0.1) is 4.34 Å². The molecule has 0 radical (unpaired) electrons. The van der Waals surface area contributed by atoms with Gasteiger partial charge in [-0.05, 0) is 37.6 Å². The van der Waals surface area contributed by atoms with Crippen LogP contribution in [0.2, 0.25) is 4.34 Å². The Morgan fingerprint density at radius 1 is 1.47 bits per heavy atom. The molecule has 4 heteroatoms. The summed E-state index contributed by atoms with van der Waals surface area (Å²) in [4.78, 5) is 3.78. The molecular formula is C13H23ClN2S. The number of rotatable bonds is 6. The molecule has 98 valence electrons. The molecule has 1 aromatic rings. The lowest BCUT2D eigenvalue weighted by Gasteiger charge is -2.34. The molecule has 1 atom stereocenters. The molecule has 2 nitrogen and oxygen atoms in total. The second kappa shape index (κ2) is 6.19. The van der Waals surface area contributed by atoms with Crippen molar-refractivity contribution in [1.82, 2.24) is 4.90 Å². The van der Waals surface area contributed by atoms with Gasteiger partial charge in [-0.2, -0.15) is 0 Å². The maximum Gasteiger partial charge on any atom is 0.0931 e. The molecule has 0 bridgehead atoms. The molecular weight excluding hydrogens is 252 g/mol. The normalized spacial score (nSPS) is 14.3. The van der Waals surface area contributed by atoms with Gasteiger partial charge in [0.15, 0.2) is 0 Å². The predicted octanol–water partition coefficient (Wildman–Crippen LogP) is 3.77. The van der Waals surface area contributed by atoms with Gasteiger partial charge < -0.3 is 5.73 Å². The lowest BCUT2D eigenvalue weighted by atomic mass is 9.92. The zero-order chi connectivity index (χ0) is 13.1. The molecule has 1 aromatic heterocycles. The van der Waals surface area contributed by atoms with E-state index >= 15 is 0 Å². The van der Waals surface area contributed by atoms with Crippen LogP contribution in [0.5, 0.6) is 0 Å². The van der Waals surface area contributed by atoms with E-state index in [-0.39, 0.29) is 5.41 Å². The average Bonchev–Trinajstić information content (AvgIpc) is 2.72. The van der Waals surface area contributed by atoms with Crippen LogP contribution in [0, 0.1) is 5.41 Å². The van der Waals surface area contributed by atoms with E-state index in [0.29, 0.717) is 12.6 Å². The Morgan fingerprint density at radius 3 is 2.53 bits per heavy atom. The highest BCUT2D eigenvalue weighted by Crippen LogP contribution is 2.31. The molecule has 0 aromatic carbocycles. The van der Waals surface area contributed by atoms with E-state index in [4.69, 9.17) is 17.3 Å². The van der Waals surface area contributed by atoms with Gasteiger partial charge in [-0.3, -0.25) is 4.90 Å². The molecule has 0 aliphatic carbocycles. The van der Waals surface area contributed by atoms with Crippen molar-refractivity contribution >= 4 is 22.9 Å². The summed E-state index contributed by atoms with van der Waals surface area (Å²) in [6.45, 7) is 11.6. The molecule has 1 heterocycles. The Morgan fingerprint density at radius 2 is 2.12 bits per heavy atom. The third-order valence-corrected chi connectivity index (χ3v) is 4.54. The minimum atomic E-state index is 0.158. The number of hydrogen-bond acceptors (Lipinski definition) is 3. The molecule has 0 fully saturated rings. The zero-order valence-electron chi connectivity index (χ0n) is 11.2. The van der Waals surface area contributed by atoms with Crippen molar-refractivity contribution in [3.8, 4) is 0 Å². The van der Waals surface area contributed by atoms with Crippen molar-refractivity contribution in [3.63, 3.8) is 0 Å². The van der Waals surface area contributed by atoms with Crippen LogP contribution in [0.1, 0.15) is 38.6 Å². The van der Waals surface area contributed by atoms with Crippen LogP contribution in [-0.4, -0.2) is 24.5 Å². The fourth-order valence-corrected chi connectivity index (χ4v) is 3.02. The monoisotopic (exact) mass is 274 g/mol. The Bertz CT molecular complexity index is 349. The molecule has 0 aliphatic heterocycles. The van der Waals surface area contributed by atoms with E-state index in [1.807, 2.05) is 6.07 Å². The van der Waals surface area contributed by atoms with Gasteiger partial charge in [-0.25, -0.2) is 0 Å². The molecule has 1 unspecified atom stereocenters. The number of halogens is 1. The van der Waals surface area contributed by atoms with Crippen molar-refractivity contribution in [2.24, 2.45) is 11.1 Å². The van der Waals surface area contributed by atoms with Gasteiger partial charge in [0, 0.05) is 17.5 Å². The molecule has 0 amide bonds. The average molecular weight is 275 g/mol. The van der Waals surface area contributed by atoms with Crippen LogP contribution < -0.4 is 5.73 Å². The Labute approximate surface area is 114 Å². The minimum Gasteiger partial charge on any atom is -0.330 e. The Kier molecular flexibility index (Phi) is 5.45. The predicted molar refractivity (Wildman–Crippen MR) is 77.8 cm³/mol. The molecule has 0 aliphatic rings. The molecule has 1 rings (SSSR count). The number of thiophene rings is 1. The van der Waals surface area contributed by atoms with E-state index in [1.165, 1.54) is 4.88 Å². The van der Waals surface area contributed by atoms with Gasteiger partial charge in [0.25, 0.3) is 0 Å². The van der Waals surface area contributed by atoms with E-state index in [0.717, 1.165) is 17.4 Å². The molecule has 0 saturated heterocycles. The van der Waals surface area contributed by atoms with Crippen molar-refractivity contribution in [2.75, 3.05) is 19.6 Å². The second-order valence-electron chi connectivity index (χ2n) is 5.25. The molecule has 2 N–H and O–H groups in total. The summed E-state index contributed by atoms with van der Waals surface area (Å²) >= 11 is 7.66. The van der Waals surface area contributed by atoms with Crippen LogP contribution in [0.15, 0.2) is 12.1 Å². The summed E-state index contributed by atoms with van der Waals surface area (Å²) in [6, 6.07) is 4.50. The van der Waals surface area contributed by atoms with Gasteiger partial charge in [-0.1, -0.05) is 32.4 Å². The van der Waals surface area contributed by atoms with Gasteiger partial charge in [-0.15, -0.1) is 11.3 Å². The Balaban J connectivity index is 2.74. The number of hydrogen-bond donors (Lipinski definition) is 1. The first-order valence-electron chi connectivity index (χ1n) is 6.09.